The van der Waals surface area contributed by atoms with E-state index >= 15 is 0 Å². The first-order valence-electron chi connectivity index (χ1n) is 9.15. The van der Waals surface area contributed by atoms with Crippen molar-refractivity contribution in [2.75, 3.05) is 11.9 Å². The summed E-state index contributed by atoms with van der Waals surface area (Å²) in [5.74, 6) is 0.835. The van der Waals surface area contributed by atoms with Crippen molar-refractivity contribution in [3.8, 4) is 5.69 Å². The highest BCUT2D eigenvalue weighted by Gasteiger charge is 2.19. The van der Waals surface area contributed by atoms with E-state index < -0.39 is 0 Å². The third-order valence-electron chi connectivity index (χ3n) is 4.47. The molecular formula is C21H30N4O. The fourth-order valence-electron chi connectivity index (χ4n) is 3.42. The fraction of sp³-hybridized carbons (Fsp3) is 0.429. The molecule has 5 nitrogen and oxygen atoms in total. The Morgan fingerprint density at radius 2 is 1.96 bits per heavy atom. The maximum absolute atomic E-state index is 9.85. The van der Waals surface area contributed by atoms with Crippen LogP contribution >= 0.6 is 0 Å². The number of nitrogens with zero attached hydrogens (tertiary/aromatic N) is 4. The molecule has 140 valence electrons. The Morgan fingerprint density at radius 1 is 1.23 bits per heavy atom. The molecule has 2 rings (SSSR count). The van der Waals surface area contributed by atoms with Crippen molar-refractivity contribution in [3.05, 3.63) is 59.0 Å². The molecule has 2 heterocycles. The molecule has 0 aliphatic heterocycles. The normalized spacial score (nSPS) is 11.6. The molecular weight excluding hydrogens is 324 g/mol. The number of hydrogen-bond acceptors (Lipinski definition) is 4. The molecule has 1 N–H and O–H groups in total. The van der Waals surface area contributed by atoms with E-state index in [9.17, 15) is 5.11 Å². The molecule has 0 aromatic carbocycles. The monoisotopic (exact) mass is 354 g/mol. The summed E-state index contributed by atoms with van der Waals surface area (Å²) in [6, 6.07) is 3.93. The van der Waals surface area contributed by atoms with Gasteiger partial charge < -0.3 is 10.0 Å². The van der Waals surface area contributed by atoms with E-state index in [4.69, 9.17) is 0 Å². The van der Waals surface area contributed by atoms with Crippen LogP contribution in [0.1, 0.15) is 52.4 Å². The molecule has 0 saturated heterocycles. The van der Waals surface area contributed by atoms with Gasteiger partial charge in [0, 0.05) is 18.9 Å². The van der Waals surface area contributed by atoms with Crippen molar-refractivity contribution in [1.82, 2.24) is 14.5 Å². The minimum atomic E-state index is -0.0501. The number of allylic oxidation sites excluding steroid dienone is 3. The lowest BCUT2D eigenvalue weighted by molar-refractivity contribution is 0.273. The van der Waals surface area contributed by atoms with E-state index in [1.54, 1.807) is 12.5 Å². The first-order valence-corrected chi connectivity index (χ1v) is 9.15. The van der Waals surface area contributed by atoms with Gasteiger partial charge in [-0.3, -0.25) is 4.57 Å². The van der Waals surface area contributed by atoms with Crippen molar-refractivity contribution in [2.45, 2.75) is 54.1 Å². The van der Waals surface area contributed by atoms with Gasteiger partial charge in [-0.2, -0.15) is 0 Å². The first-order chi connectivity index (χ1) is 12.5. The zero-order valence-electron chi connectivity index (χ0n) is 16.7. The molecule has 0 aliphatic rings. The summed E-state index contributed by atoms with van der Waals surface area (Å²) in [5.41, 5.74) is 6.26. The summed E-state index contributed by atoms with van der Waals surface area (Å²) in [6.45, 7) is 10.5. The van der Waals surface area contributed by atoms with Gasteiger partial charge in [-0.05, 0) is 51.3 Å². The van der Waals surface area contributed by atoms with Crippen LogP contribution in [0.25, 0.3) is 5.69 Å². The van der Waals surface area contributed by atoms with Gasteiger partial charge in [-0.25, -0.2) is 9.97 Å². The number of aliphatic hydroxyl groups is 1. The third-order valence-corrected chi connectivity index (χ3v) is 4.47. The van der Waals surface area contributed by atoms with Gasteiger partial charge in [-0.1, -0.05) is 25.5 Å². The summed E-state index contributed by atoms with van der Waals surface area (Å²) in [7, 11) is 2.04. The third kappa shape index (κ3) is 3.88. The number of aryl methyl sites for hydroxylation is 1. The topological polar surface area (TPSA) is 54.2 Å². The summed E-state index contributed by atoms with van der Waals surface area (Å²) in [6.07, 6.45) is 7.57. The van der Waals surface area contributed by atoms with Gasteiger partial charge in [0.2, 0.25) is 0 Å². The Balaban J connectivity index is 2.61. The van der Waals surface area contributed by atoms with Gasteiger partial charge in [0.1, 0.15) is 0 Å². The lowest BCUT2D eigenvalue weighted by Crippen LogP contribution is -2.22. The second kappa shape index (κ2) is 8.81. The van der Waals surface area contributed by atoms with Gasteiger partial charge in [-0.15, -0.1) is 0 Å². The second-order valence-electron chi connectivity index (χ2n) is 6.57. The van der Waals surface area contributed by atoms with Crippen molar-refractivity contribution in [2.24, 2.45) is 0 Å². The molecule has 26 heavy (non-hydrogen) atoms. The Kier molecular flexibility index (Phi) is 6.75. The van der Waals surface area contributed by atoms with Crippen molar-refractivity contribution in [1.29, 1.82) is 0 Å². The highest BCUT2D eigenvalue weighted by Crippen LogP contribution is 2.29. The van der Waals surface area contributed by atoms with Crippen LogP contribution < -0.4 is 4.90 Å². The van der Waals surface area contributed by atoms with Crippen LogP contribution in [0.5, 0.6) is 0 Å². The average Bonchev–Trinajstić information content (AvgIpc) is 3.04. The summed E-state index contributed by atoms with van der Waals surface area (Å²) < 4.78 is 1.94. The molecule has 0 bridgehead atoms. The van der Waals surface area contributed by atoms with E-state index in [1.807, 2.05) is 30.7 Å². The standard InChI is InChI=1S/C21H30N4O/c1-7-10-16(5)20(15(3)4)24(6)21-18(11-9-12-22-21)25-14-23-17(8-2)19(25)13-26/h9-12,14,26H,7-8,13H2,1-6H3/b16-10-. The van der Waals surface area contributed by atoms with Crippen LogP contribution in [-0.2, 0) is 13.0 Å². The number of likely N-dealkylation sites (N-methyl/N-ethyl adjacent to an activating group) is 1. The Morgan fingerprint density at radius 3 is 2.54 bits per heavy atom. The van der Waals surface area contributed by atoms with Gasteiger partial charge >= 0.3 is 0 Å². The number of imidazole rings is 1. The SMILES string of the molecule is CC/C=C(/C)C(=C(C)C)N(C)c1ncccc1-n1cnc(CC)c1CO. The summed E-state index contributed by atoms with van der Waals surface area (Å²) in [4.78, 5) is 11.2. The number of rotatable bonds is 7. The first kappa shape index (κ1) is 19.9. The molecule has 0 atom stereocenters. The van der Waals surface area contributed by atoms with E-state index in [2.05, 4.69) is 48.6 Å². The van der Waals surface area contributed by atoms with E-state index in [0.717, 1.165) is 41.4 Å². The van der Waals surface area contributed by atoms with Gasteiger partial charge in [0.15, 0.2) is 5.82 Å². The van der Waals surface area contributed by atoms with E-state index in [0.29, 0.717) is 0 Å². The van der Waals surface area contributed by atoms with E-state index in [1.165, 1.54) is 11.1 Å². The molecule has 2 aromatic heterocycles. The molecule has 0 unspecified atom stereocenters. The maximum Gasteiger partial charge on any atom is 0.157 e. The molecule has 0 saturated carbocycles. The molecule has 5 heteroatoms. The minimum absolute atomic E-state index is 0.0501. The quantitative estimate of drug-likeness (QED) is 0.748. The summed E-state index contributed by atoms with van der Waals surface area (Å²) >= 11 is 0. The Labute approximate surface area is 156 Å². The zero-order chi connectivity index (χ0) is 19.3. The van der Waals surface area contributed by atoms with Crippen LogP contribution in [0.3, 0.4) is 0 Å². The summed E-state index contributed by atoms with van der Waals surface area (Å²) in [5, 5.41) is 9.85. The Hall–Kier alpha value is -2.40. The molecule has 0 radical (unpaired) electrons. The molecule has 2 aromatic rings. The van der Waals surface area contributed by atoms with Gasteiger partial charge in [0.05, 0.1) is 30.0 Å². The number of aromatic nitrogens is 3. The lowest BCUT2D eigenvalue weighted by Gasteiger charge is -2.26. The highest BCUT2D eigenvalue weighted by molar-refractivity contribution is 5.64. The van der Waals surface area contributed by atoms with Crippen LogP contribution in [0.15, 0.2) is 47.6 Å². The van der Waals surface area contributed by atoms with Crippen LogP contribution in [0.4, 0.5) is 5.82 Å². The van der Waals surface area contributed by atoms with Crippen molar-refractivity contribution >= 4 is 5.82 Å². The number of hydrogen-bond donors (Lipinski definition) is 1. The van der Waals surface area contributed by atoms with Crippen molar-refractivity contribution < 1.29 is 5.11 Å². The number of anilines is 1. The van der Waals surface area contributed by atoms with Gasteiger partial charge in [0.25, 0.3) is 0 Å². The highest BCUT2D eigenvalue weighted by atomic mass is 16.3. The maximum atomic E-state index is 9.85. The number of pyridine rings is 1. The van der Waals surface area contributed by atoms with Crippen LogP contribution in [0, 0.1) is 0 Å². The predicted molar refractivity (Wildman–Crippen MR) is 107 cm³/mol. The zero-order valence-corrected chi connectivity index (χ0v) is 16.7. The fourth-order valence-corrected chi connectivity index (χ4v) is 3.42. The lowest BCUT2D eigenvalue weighted by atomic mass is 10.1. The average molecular weight is 354 g/mol. The molecule has 0 spiro atoms. The molecule has 0 fully saturated rings. The van der Waals surface area contributed by atoms with Crippen LogP contribution in [0.2, 0.25) is 0 Å². The molecule has 0 amide bonds. The van der Waals surface area contributed by atoms with Crippen LogP contribution in [-0.4, -0.2) is 26.7 Å². The van der Waals surface area contributed by atoms with Crippen molar-refractivity contribution in [3.63, 3.8) is 0 Å². The molecule has 0 aliphatic carbocycles. The largest absolute Gasteiger partial charge is 0.390 e. The smallest absolute Gasteiger partial charge is 0.157 e. The minimum Gasteiger partial charge on any atom is -0.390 e. The predicted octanol–water partition coefficient (Wildman–Crippen LogP) is 4.41. The number of aliphatic hydroxyl groups excluding tert-OH is 1. The van der Waals surface area contributed by atoms with E-state index in [-0.39, 0.29) is 6.61 Å². The second-order valence-corrected chi connectivity index (χ2v) is 6.57. The Bertz CT molecular complexity index is 813.